The highest BCUT2D eigenvalue weighted by atomic mass is 16.1. The van der Waals surface area contributed by atoms with E-state index in [1.54, 1.807) is 6.20 Å². The van der Waals surface area contributed by atoms with Crippen molar-refractivity contribution < 1.29 is 0 Å². The van der Waals surface area contributed by atoms with Crippen molar-refractivity contribution in [2.24, 2.45) is 5.41 Å². The van der Waals surface area contributed by atoms with Crippen LogP contribution in [-0.4, -0.2) is 9.97 Å². The van der Waals surface area contributed by atoms with Crippen LogP contribution in [0, 0.1) is 5.41 Å². The molecule has 0 unspecified atom stereocenters. The molecule has 0 radical (unpaired) electrons. The van der Waals surface area contributed by atoms with Gasteiger partial charge in [0, 0.05) is 18.2 Å². The highest BCUT2D eigenvalue weighted by Gasteiger charge is 2.28. The molecule has 0 aliphatic heterocycles. The van der Waals surface area contributed by atoms with Gasteiger partial charge >= 0.3 is 0 Å². The molecule has 1 N–H and O–H groups in total. The summed E-state index contributed by atoms with van der Waals surface area (Å²) < 4.78 is 0. The monoisotopic (exact) mass is 206 g/mol. The van der Waals surface area contributed by atoms with Crippen LogP contribution in [0.1, 0.15) is 51.3 Å². The number of nitrogens with zero attached hydrogens (tertiary/aromatic N) is 1. The third-order valence-corrected chi connectivity index (χ3v) is 3.42. The fourth-order valence-corrected chi connectivity index (χ4v) is 2.27. The summed E-state index contributed by atoms with van der Waals surface area (Å²) in [6, 6.07) is 1.47. The van der Waals surface area contributed by atoms with Crippen molar-refractivity contribution in [2.45, 2.75) is 45.4 Å². The number of rotatable bonds is 1. The minimum Gasteiger partial charge on any atom is -0.310 e. The van der Waals surface area contributed by atoms with E-state index in [1.165, 1.54) is 18.9 Å². The molecule has 1 aliphatic rings. The first-order valence-corrected chi connectivity index (χ1v) is 5.62. The maximum atomic E-state index is 11.2. The molecule has 3 heteroatoms. The summed E-state index contributed by atoms with van der Waals surface area (Å²) in [6.07, 6.45) is 6.32. The van der Waals surface area contributed by atoms with E-state index in [9.17, 15) is 4.79 Å². The molecule has 1 aromatic rings. The van der Waals surface area contributed by atoms with Crippen LogP contribution in [0.3, 0.4) is 0 Å². The molecule has 2 rings (SSSR count). The number of hydrogen-bond acceptors (Lipinski definition) is 2. The van der Waals surface area contributed by atoms with Crippen molar-refractivity contribution in [3.05, 3.63) is 28.4 Å². The molecular formula is C12H18N2O. The van der Waals surface area contributed by atoms with Crippen molar-refractivity contribution in [2.75, 3.05) is 0 Å². The van der Waals surface area contributed by atoms with Gasteiger partial charge in [-0.15, -0.1) is 0 Å². The third-order valence-electron chi connectivity index (χ3n) is 3.42. The molecule has 0 aromatic carbocycles. The first-order valence-electron chi connectivity index (χ1n) is 5.62. The third kappa shape index (κ3) is 2.46. The van der Waals surface area contributed by atoms with E-state index in [-0.39, 0.29) is 5.56 Å². The van der Waals surface area contributed by atoms with Gasteiger partial charge in [-0.3, -0.25) is 4.79 Å². The maximum Gasteiger partial charge on any atom is 0.250 e. The SMILES string of the molecule is CC1(C)CCC(c2nccc(=O)[nH]2)CC1. The Hall–Kier alpha value is -1.12. The second kappa shape index (κ2) is 3.80. The molecule has 1 aliphatic carbocycles. The van der Waals surface area contributed by atoms with E-state index < -0.39 is 0 Å². The van der Waals surface area contributed by atoms with Gasteiger partial charge in [-0.2, -0.15) is 0 Å². The van der Waals surface area contributed by atoms with E-state index in [0.717, 1.165) is 18.7 Å². The van der Waals surface area contributed by atoms with Crippen molar-refractivity contribution in [3.8, 4) is 0 Å². The summed E-state index contributed by atoms with van der Waals surface area (Å²) in [5.41, 5.74) is 0.427. The van der Waals surface area contributed by atoms with E-state index in [0.29, 0.717) is 11.3 Å². The summed E-state index contributed by atoms with van der Waals surface area (Å²) in [4.78, 5) is 18.3. The Balaban J connectivity index is 2.11. The standard InChI is InChI=1S/C12H18N2O/c1-12(2)6-3-9(4-7-12)11-13-8-5-10(15)14-11/h5,8-9H,3-4,6-7H2,1-2H3,(H,13,14,15). The minimum absolute atomic E-state index is 0.0372. The first kappa shape index (κ1) is 10.4. The van der Waals surface area contributed by atoms with Gasteiger partial charge in [-0.05, 0) is 31.1 Å². The predicted octanol–water partition coefficient (Wildman–Crippen LogP) is 2.45. The molecule has 1 saturated carbocycles. The van der Waals surface area contributed by atoms with Gasteiger partial charge in [0.1, 0.15) is 5.82 Å². The molecule has 1 fully saturated rings. The highest BCUT2D eigenvalue weighted by molar-refractivity contribution is 5.00. The Morgan fingerprint density at radius 3 is 2.67 bits per heavy atom. The van der Waals surface area contributed by atoms with Crippen LogP contribution in [0.15, 0.2) is 17.1 Å². The van der Waals surface area contributed by atoms with Gasteiger partial charge in [-0.1, -0.05) is 13.8 Å². The zero-order valence-corrected chi connectivity index (χ0v) is 9.42. The van der Waals surface area contributed by atoms with Crippen LogP contribution < -0.4 is 5.56 Å². The van der Waals surface area contributed by atoms with Gasteiger partial charge in [0.2, 0.25) is 0 Å². The van der Waals surface area contributed by atoms with Crippen LogP contribution in [0.4, 0.5) is 0 Å². The smallest absolute Gasteiger partial charge is 0.250 e. The second-order valence-electron chi connectivity index (χ2n) is 5.26. The highest BCUT2D eigenvalue weighted by Crippen LogP contribution is 2.41. The fraction of sp³-hybridized carbons (Fsp3) is 0.667. The normalized spacial score (nSPS) is 21.5. The number of aromatic amines is 1. The lowest BCUT2D eigenvalue weighted by atomic mass is 9.73. The Morgan fingerprint density at radius 1 is 1.40 bits per heavy atom. The molecule has 0 atom stereocenters. The van der Waals surface area contributed by atoms with Crippen molar-refractivity contribution >= 4 is 0 Å². The Labute approximate surface area is 89.9 Å². The van der Waals surface area contributed by atoms with Gasteiger partial charge in [-0.25, -0.2) is 4.98 Å². The Morgan fingerprint density at radius 2 is 2.07 bits per heavy atom. The molecule has 1 heterocycles. The molecule has 1 aromatic heterocycles. The van der Waals surface area contributed by atoms with E-state index in [1.807, 2.05) is 0 Å². The maximum absolute atomic E-state index is 11.2. The second-order valence-corrected chi connectivity index (χ2v) is 5.26. The van der Waals surface area contributed by atoms with Crippen LogP contribution in [-0.2, 0) is 0 Å². The Kier molecular flexibility index (Phi) is 2.63. The molecule has 0 bridgehead atoms. The van der Waals surface area contributed by atoms with E-state index >= 15 is 0 Å². The topological polar surface area (TPSA) is 45.8 Å². The summed E-state index contributed by atoms with van der Waals surface area (Å²) in [6.45, 7) is 4.62. The lowest BCUT2D eigenvalue weighted by molar-refractivity contribution is 0.220. The lowest BCUT2D eigenvalue weighted by Crippen LogP contribution is -2.22. The molecular weight excluding hydrogens is 188 g/mol. The minimum atomic E-state index is -0.0372. The van der Waals surface area contributed by atoms with E-state index in [2.05, 4.69) is 23.8 Å². The van der Waals surface area contributed by atoms with Crippen LogP contribution in [0.5, 0.6) is 0 Å². The summed E-state index contributed by atoms with van der Waals surface area (Å²) in [5, 5.41) is 0. The predicted molar refractivity (Wildman–Crippen MR) is 59.8 cm³/mol. The van der Waals surface area contributed by atoms with Crippen molar-refractivity contribution in [3.63, 3.8) is 0 Å². The molecule has 0 spiro atoms. The Bertz CT molecular complexity index is 385. The quantitative estimate of drug-likeness (QED) is 0.767. The van der Waals surface area contributed by atoms with Gasteiger partial charge in [0.05, 0.1) is 0 Å². The lowest BCUT2D eigenvalue weighted by Gasteiger charge is -2.33. The zero-order valence-electron chi connectivity index (χ0n) is 9.42. The van der Waals surface area contributed by atoms with Gasteiger partial charge in [0.15, 0.2) is 0 Å². The number of aromatic nitrogens is 2. The molecule has 15 heavy (non-hydrogen) atoms. The fourth-order valence-electron chi connectivity index (χ4n) is 2.27. The van der Waals surface area contributed by atoms with Crippen molar-refractivity contribution in [1.82, 2.24) is 9.97 Å². The van der Waals surface area contributed by atoms with Crippen LogP contribution in [0.25, 0.3) is 0 Å². The van der Waals surface area contributed by atoms with E-state index in [4.69, 9.17) is 0 Å². The number of hydrogen-bond donors (Lipinski definition) is 1. The average molecular weight is 206 g/mol. The number of nitrogens with one attached hydrogen (secondary N) is 1. The molecule has 82 valence electrons. The molecule has 0 saturated heterocycles. The molecule has 3 nitrogen and oxygen atoms in total. The zero-order chi connectivity index (χ0) is 10.9. The molecule has 0 amide bonds. The summed E-state index contributed by atoms with van der Waals surface area (Å²) in [5.74, 6) is 1.32. The van der Waals surface area contributed by atoms with Gasteiger partial charge < -0.3 is 4.98 Å². The van der Waals surface area contributed by atoms with Gasteiger partial charge in [0.25, 0.3) is 5.56 Å². The summed E-state index contributed by atoms with van der Waals surface area (Å²) in [7, 11) is 0. The van der Waals surface area contributed by atoms with Crippen molar-refractivity contribution in [1.29, 1.82) is 0 Å². The largest absolute Gasteiger partial charge is 0.310 e. The van der Waals surface area contributed by atoms with Crippen LogP contribution >= 0.6 is 0 Å². The average Bonchev–Trinajstić information content (AvgIpc) is 2.17. The summed E-state index contributed by atoms with van der Waals surface area (Å²) >= 11 is 0. The first-order chi connectivity index (χ1) is 7.07. The number of H-pyrrole nitrogens is 1. The van der Waals surface area contributed by atoms with Crippen LogP contribution in [0.2, 0.25) is 0 Å².